The van der Waals surface area contributed by atoms with Gasteiger partial charge in [-0.25, -0.2) is 0 Å². The van der Waals surface area contributed by atoms with Crippen molar-refractivity contribution in [2.24, 2.45) is 5.41 Å². The Morgan fingerprint density at radius 1 is 1.38 bits per heavy atom. The molecule has 1 aromatic carbocycles. The number of para-hydroxylation sites is 1. The largest absolute Gasteiger partial charge is 0.496 e. The zero-order chi connectivity index (χ0) is 15.1. The van der Waals surface area contributed by atoms with E-state index in [0.29, 0.717) is 19.7 Å². The van der Waals surface area contributed by atoms with E-state index in [1.165, 1.54) is 0 Å². The number of ether oxygens (including phenoxy) is 2. The lowest BCUT2D eigenvalue weighted by atomic mass is 9.87. The van der Waals surface area contributed by atoms with Crippen molar-refractivity contribution in [3.8, 4) is 5.75 Å². The highest BCUT2D eigenvalue weighted by molar-refractivity contribution is 5.83. The molecular formula is C16H24N2O3. The van der Waals surface area contributed by atoms with Crippen molar-refractivity contribution in [2.45, 2.75) is 12.8 Å². The number of benzene rings is 1. The van der Waals surface area contributed by atoms with Crippen LogP contribution in [0.5, 0.6) is 5.75 Å². The molecule has 2 N–H and O–H groups in total. The smallest absolute Gasteiger partial charge is 0.229 e. The summed E-state index contributed by atoms with van der Waals surface area (Å²) < 4.78 is 10.5. The summed E-state index contributed by atoms with van der Waals surface area (Å²) in [6.07, 6.45) is 1.58. The van der Waals surface area contributed by atoms with Crippen molar-refractivity contribution in [1.82, 2.24) is 10.6 Å². The molecule has 1 unspecified atom stereocenters. The van der Waals surface area contributed by atoms with Gasteiger partial charge in [0, 0.05) is 20.2 Å². The normalized spacial score (nSPS) is 21.2. The van der Waals surface area contributed by atoms with Gasteiger partial charge in [0.15, 0.2) is 0 Å². The Hall–Kier alpha value is -1.59. The second-order valence-corrected chi connectivity index (χ2v) is 5.46. The molecule has 0 bridgehead atoms. The lowest BCUT2D eigenvalue weighted by Gasteiger charge is -2.26. The van der Waals surface area contributed by atoms with Gasteiger partial charge in [-0.05, 0) is 31.0 Å². The van der Waals surface area contributed by atoms with Gasteiger partial charge in [-0.1, -0.05) is 18.2 Å². The predicted molar refractivity (Wildman–Crippen MR) is 81.5 cm³/mol. The number of carbonyl (C=O) groups is 1. The SMILES string of the molecule is COCC1(C(=O)NCCc2ccccc2OC)CCNC1. The molecule has 1 saturated heterocycles. The van der Waals surface area contributed by atoms with E-state index < -0.39 is 5.41 Å². The number of hydrogen-bond acceptors (Lipinski definition) is 4. The molecule has 1 fully saturated rings. The third-order valence-corrected chi connectivity index (χ3v) is 4.02. The van der Waals surface area contributed by atoms with E-state index in [9.17, 15) is 4.79 Å². The number of rotatable bonds is 7. The van der Waals surface area contributed by atoms with Crippen LogP contribution in [-0.2, 0) is 16.0 Å². The summed E-state index contributed by atoms with van der Waals surface area (Å²) in [6, 6.07) is 7.88. The molecule has 0 aromatic heterocycles. The van der Waals surface area contributed by atoms with Crippen LogP contribution < -0.4 is 15.4 Å². The Balaban J connectivity index is 1.89. The minimum atomic E-state index is -0.421. The molecule has 0 saturated carbocycles. The van der Waals surface area contributed by atoms with Crippen LogP contribution in [0.15, 0.2) is 24.3 Å². The molecule has 1 aliphatic heterocycles. The maximum absolute atomic E-state index is 12.4. The van der Waals surface area contributed by atoms with Crippen LogP contribution in [0.3, 0.4) is 0 Å². The molecule has 5 heteroatoms. The fraction of sp³-hybridized carbons (Fsp3) is 0.562. The van der Waals surface area contributed by atoms with E-state index in [0.717, 1.165) is 30.7 Å². The van der Waals surface area contributed by atoms with Crippen molar-refractivity contribution in [1.29, 1.82) is 0 Å². The summed E-state index contributed by atoms with van der Waals surface area (Å²) >= 11 is 0. The Morgan fingerprint density at radius 2 is 2.19 bits per heavy atom. The van der Waals surface area contributed by atoms with Crippen LogP contribution >= 0.6 is 0 Å². The second-order valence-electron chi connectivity index (χ2n) is 5.46. The van der Waals surface area contributed by atoms with Gasteiger partial charge < -0.3 is 20.1 Å². The lowest BCUT2D eigenvalue weighted by Crippen LogP contribution is -2.46. The van der Waals surface area contributed by atoms with Gasteiger partial charge in [-0.3, -0.25) is 4.79 Å². The summed E-state index contributed by atoms with van der Waals surface area (Å²) in [4.78, 5) is 12.4. The molecule has 5 nitrogen and oxygen atoms in total. The second kappa shape index (κ2) is 7.43. The van der Waals surface area contributed by atoms with Crippen LogP contribution in [0.1, 0.15) is 12.0 Å². The van der Waals surface area contributed by atoms with Crippen molar-refractivity contribution in [3.63, 3.8) is 0 Å². The summed E-state index contributed by atoms with van der Waals surface area (Å²) in [5.74, 6) is 0.935. The van der Waals surface area contributed by atoms with Gasteiger partial charge in [-0.2, -0.15) is 0 Å². The number of methoxy groups -OCH3 is 2. The Bertz CT molecular complexity index is 470. The van der Waals surface area contributed by atoms with Gasteiger partial charge in [0.25, 0.3) is 0 Å². The fourth-order valence-corrected chi connectivity index (χ4v) is 2.81. The molecule has 1 heterocycles. The summed E-state index contributed by atoms with van der Waals surface area (Å²) in [7, 11) is 3.30. The molecule has 21 heavy (non-hydrogen) atoms. The lowest BCUT2D eigenvalue weighted by molar-refractivity contribution is -0.132. The van der Waals surface area contributed by atoms with Crippen molar-refractivity contribution < 1.29 is 14.3 Å². The average Bonchev–Trinajstić information content (AvgIpc) is 2.98. The molecule has 1 atom stereocenters. The van der Waals surface area contributed by atoms with Crippen molar-refractivity contribution in [3.05, 3.63) is 29.8 Å². The molecule has 2 rings (SSSR count). The topological polar surface area (TPSA) is 59.6 Å². The first-order valence-corrected chi connectivity index (χ1v) is 7.32. The third kappa shape index (κ3) is 3.74. The molecular weight excluding hydrogens is 268 g/mol. The Morgan fingerprint density at radius 3 is 2.86 bits per heavy atom. The van der Waals surface area contributed by atoms with Crippen molar-refractivity contribution >= 4 is 5.91 Å². The molecule has 0 spiro atoms. The summed E-state index contributed by atoms with van der Waals surface area (Å²) in [6.45, 7) is 2.61. The van der Waals surface area contributed by atoms with Gasteiger partial charge in [-0.15, -0.1) is 0 Å². The predicted octanol–water partition coefficient (Wildman–Crippen LogP) is 0.980. The maximum Gasteiger partial charge on any atom is 0.229 e. The molecule has 1 amide bonds. The van der Waals surface area contributed by atoms with E-state index in [4.69, 9.17) is 9.47 Å². The van der Waals surface area contributed by atoms with E-state index in [2.05, 4.69) is 10.6 Å². The van der Waals surface area contributed by atoms with Crippen LogP contribution in [0, 0.1) is 5.41 Å². The highest BCUT2D eigenvalue weighted by Gasteiger charge is 2.41. The van der Waals surface area contributed by atoms with Gasteiger partial charge in [0.1, 0.15) is 5.75 Å². The van der Waals surface area contributed by atoms with Crippen LogP contribution in [-0.4, -0.2) is 46.4 Å². The number of nitrogens with one attached hydrogen (secondary N) is 2. The van der Waals surface area contributed by atoms with E-state index >= 15 is 0 Å². The van der Waals surface area contributed by atoms with Crippen LogP contribution in [0.4, 0.5) is 0 Å². The first kappa shape index (κ1) is 15.8. The van der Waals surface area contributed by atoms with Gasteiger partial charge >= 0.3 is 0 Å². The highest BCUT2D eigenvalue weighted by atomic mass is 16.5. The fourth-order valence-electron chi connectivity index (χ4n) is 2.81. The Kier molecular flexibility index (Phi) is 5.59. The minimum Gasteiger partial charge on any atom is -0.496 e. The van der Waals surface area contributed by atoms with Crippen LogP contribution in [0.2, 0.25) is 0 Å². The molecule has 0 radical (unpaired) electrons. The highest BCUT2D eigenvalue weighted by Crippen LogP contribution is 2.26. The Labute approximate surface area is 126 Å². The van der Waals surface area contributed by atoms with E-state index in [1.54, 1.807) is 14.2 Å². The molecule has 0 aliphatic carbocycles. The molecule has 116 valence electrons. The summed E-state index contributed by atoms with van der Waals surface area (Å²) in [5, 5.41) is 6.28. The number of hydrogen-bond donors (Lipinski definition) is 2. The number of carbonyl (C=O) groups excluding carboxylic acids is 1. The quantitative estimate of drug-likeness (QED) is 0.786. The van der Waals surface area contributed by atoms with E-state index in [-0.39, 0.29) is 5.91 Å². The first-order valence-electron chi connectivity index (χ1n) is 7.32. The zero-order valence-electron chi connectivity index (χ0n) is 12.8. The minimum absolute atomic E-state index is 0.0734. The zero-order valence-corrected chi connectivity index (χ0v) is 12.8. The van der Waals surface area contributed by atoms with Gasteiger partial charge in [0.05, 0.1) is 19.1 Å². The van der Waals surface area contributed by atoms with Crippen LogP contribution in [0.25, 0.3) is 0 Å². The monoisotopic (exact) mass is 292 g/mol. The molecule has 1 aromatic rings. The maximum atomic E-state index is 12.4. The van der Waals surface area contributed by atoms with Crippen molar-refractivity contribution in [2.75, 3.05) is 40.5 Å². The first-order chi connectivity index (χ1) is 10.2. The molecule has 1 aliphatic rings. The average molecular weight is 292 g/mol. The summed E-state index contributed by atoms with van der Waals surface area (Å²) in [5.41, 5.74) is 0.681. The third-order valence-electron chi connectivity index (χ3n) is 4.02. The number of amides is 1. The van der Waals surface area contributed by atoms with Gasteiger partial charge in [0.2, 0.25) is 5.91 Å². The van der Waals surface area contributed by atoms with E-state index in [1.807, 2.05) is 24.3 Å². The standard InChI is InChI=1S/C16H24N2O3/c1-20-12-16(8-10-17-11-16)15(19)18-9-7-13-5-3-4-6-14(13)21-2/h3-6,17H,7-12H2,1-2H3,(H,18,19).